The van der Waals surface area contributed by atoms with E-state index in [0.717, 1.165) is 6.42 Å². The molecule has 0 unspecified atom stereocenters. The van der Waals surface area contributed by atoms with Gasteiger partial charge in [-0.25, -0.2) is 0 Å². The molecule has 0 saturated heterocycles. The molecule has 0 amide bonds. The average molecular weight is 274 g/mol. The van der Waals surface area contributed by atoms with E-state index >= 15 is 0 Å². The molecule has 0 nitrogen and oxygen atoms in total. The molecule has 1 rings (SSSR count). The summed E-state index contributed by atoms with van der Waals surface area (Å²) in [5, 5.41) is 0. The first-order chi connectivity index (χ1) is 4.23. The Hall–Kier alpha value is 0.973. The summed E-state index contributed by atoms with van der Waals surface area (Å²) >= 11 is -1.75. The molecular formula is C5H6Cl3Ru. The monoisotopic (exact) mass is 273 g/mol. The van der Waals surface area contributed by atoms with E-state index in [2.05, 4.69) is 24.3 Å². The Morgan fingerprint density at radius 2 is 1.33 bits per heavy atom. The van der Waals surface area contributed by atoms with Crippen molar-refractivity contribution in [3.63, 3.8) is 0 Å². The Kier molecular flexibility index (Phi) is 7.85. The molecule has 0 atom stereocenters. The third-order valence-electron chi connectivity index (χ3n) is 0.655. The van der Waals surface area contributed by atoms with Crippen LogP contribution in [0.2, 0.25) is 0 Å². The number of hydrogen-bond acceptors (Lipinski definition) is 0. The maximum absolute atomic E-state index is 4.95. The molecule has 0 aromatic heterocycles. The van der Waals surface area contributed by atoms with Gasteiger partial charge in [-0.15, -0.1) is 0 Å². The van der Waals surface area contributed by atoms with Crippen molar-refractivity contribution in [1.29, 1.82) is 0 Å². The first kappa shape index (κ1) is 9.97. The maximum atomic E-state index is 4.95. The van der Waals surface area contributed by atoms with Crippen LogP contribution in [0.5, 0.6) is 0 Å². The molecule has 9 heavy (non-hydrogen) atoms. The molecule has 0 saturated carbocycles. The second-order valence-electron chi connectivity index (χ2n) is 1.24. The zero-order valence-corrected chi connectivity index (χ0v) is 8.51. The van der Waals surface area contributed by atoms with Gasteiger partial charge in [0.05, 0.1) is 0 Å². The SMILES string of the molecule is C1=CCC=C1.[Cl][Ru]([Cl])[Cl]. The number of allylic oxidation sites excluding steroid dienone is 4. The Labute approximate surface area is 72.5 Å². The Morgan fingerprint density at radius 3 is 1.44 bits per heavy atom. The van der Waals surface area contributed by atoms with E-state index in [-0.39, 0.29) is 0 Å². The summed E-state index contributed by atoms with van der Waals surface area (Å²) in [6.07, 6.45) is 9.50. The van der Waals surface area contributed by atoms with Crippen LogP contribution in [0.1, 0.15) is 6.42 Å². The molecule has 0 aromatic carbocycles. The minimum atomic E-state index is -1.75. The van der Waals surface area contributed by atoms with Crippen LogP contribution >= 0.6 is 29.1 Å². The molecule has 0 aromatic rings. The van der Waals surface area contributed by atoms with Crippen LogP contribution in [0.25, 0.3) is 0 Å². The van der Waals surface area contributed by atoms with Gasteiger partial charge in [-0.2, -0.15) is 0 Å². The van der Waals surface area contributed by atoms with E-state index in [1.165, 1.54) is 0 Å². The van der Waals surface area contributed by atoms with Crippen molar-refractivity contribution in [2.45, 2.75) is 6.42 Å². The van der Waals surface area contributed by atoms with E-state index in [1.54, 1.807) is 0 Å². The van der Waals surface area contributed by atoms with Crippen LogP contribution in [-0.4, -0.2) is 0 Å². The topological polar surface area (TPSA) is 0 Å². The Bertz CT molecular complexity index is 96.0. The van der Waals surface area contributed by atoms with Gasteiger partial charge in [0.1, 0.15) is 0 Å². The van der Waals surface area contributed by atoms with Crippen LogP contribution in [0.15, 0.2) is 24.3 Å². The van der Waals surface area contributed by atoms with Crippen LogP contribution < -0.4 is 0 Å². The molecule has 0 spiro atoms. The molecule has 0 radical (unpaired) electrons. The third-order valence-corrected chi connectivity index (χ3v) is 0.655. The van der Waals surface area contributed by atoms with Crippen molar-refractivity contribution in [1.82, 2.24) is 0 Å². The summed E-state index contributed by atoms with van der Waals surface area (Å²) in [5.74, 6) is 0. The summed E-state index contributed by atoms with van der Waals surface area (Å²) in [6.45, 7) is 0. The van der Waals surface area contributed by atoms with Gasteiger partial charge in [-0.1, -0.05) is 24.3 Å². The Balaban J connectivity index is 0.000000148. The molecule has 4 heteroatoms. The van der Waals surface area contributed by atoms with Gasteiger partial charge < -0.3 is 0 Å². The first-order valence-corrected chi connectivity index (χ1v) is 8.93. The molecule has 0 N–H and O–H groups in total. The predicted octanol–water partition coefficient (Wildman–Crippen LogP) is 3.57. The van der Waals surface area contributed by atoms with Crippen molar-refractivity contribution >= 4 is 29.1 Å². The van der Waals surface area contributed by atoms with Crippen LogP contribution in [0.3, 0.4) is 0 Å². The van der Waals surface area contributed by atoms with Gasteiger partial charge in [0.2, 0.25) is 0 Å². The van der Waals surface area contributed by atoms with Gasteiger partial charge in [0, 0.05) is 0 Å². The molecule has 1 aliphatic rings. The van der Waals surface area contributed by atoms with Gasteiger partial charge in [-0.3, -0.25) is 0 Å². The molecule has 0 heterocycles. The van der Waals surface area contributed by atoms with Gasteiger partial charge in [0.25, 0.3) is 0 Å². The Morgan fingerprint density at radius 1 is 1.00 bits per heavy atom. The fourth-order valence-electron chi connectivity index (χ4n) is 0.393. The van der Waals surface area contributed by atoms with Gasteiger partial charge in [0.15, 0.2) is 0 Å². The molecule has 0 fully saturated rings. The normalized spacial score (nSPS) is 14.8. The third kappa shape index (κ3) is 12.2. The predicted molar refractivity (Wildman–Crippen MR) is 40.5 cm³/mol. The van der Waals surface area contributed by atoms with Gasteiger partial charge in [-0.05, 0) is 6.42 Å². The van der Waals surface area contributed by atoms with Crippen molar-refractivity contribution < 1.29 is 13.0 Å². The van der Waals surface area contributed by atoms with Crippen molar-refractivity contribution in [2.24, 2.45) is 0 Å². The van der Waals surface area contributed by atoms with Crippen molar-refractivity contribution in [3.8, 4) is 0 Å². The van der Waals surface area contributed by atoms with Crippen LogP contribution in [0.4, 0.5) is 0 Å². The molecule has 0 bridgehead atoms. The zero-order chi connectivity index (χ0) is 7.11. The number of rotatable bonds is 0. The molecular weight excluding hydrogens is 267 g/mol. The van der Waals surface area contributed by atoms with Crippen LogP contribution in [-0.2, 0) is 13.0 Å². The van der Waals surface area contributed by atoms with Crippen LogP contribution in [0, 0.1) is 0 Å². The summed E-state index contributed by atoms with van der Waals surface area (Å²) in [5.41, 5.74) is 0. The number of halogens is 3. The standard InChI is InChI=1S/C5H6.3ClH.Ru/c1-2-4-5-3-1;;;;/h1-4H,5H2;3*1H;/q;;;;+3/p-3. The van der Waals surface area contributed by atoms with Gasteiger partial charge >= 0.3 is 42.1 Å². The van der Waals surface area contributed by atoms with E-state index in [0.29, 0.717) is 0 Å². The molecule has 1 aliphatic carbocycles. The first-order valence-electron chi connectivity index (χ1n) is 2.22. The fourth-order valence-corrected chi connectivity index (χ4v) is 0.393. The van der Waals surface area contributed by atoms with E-state index in [1.807, 2.05) is 0 Å². The zero-order valence-electron chi connectivity index (χ0n) is 4.50. The summed E-state index contributed by atoms with van der Waals surface area (Å²) in [6, 6.07) is 0. The molecule has 55 valence electrons. The van der Waals surface area contributed by atoms with E-state index in [9.17, 15) is 0 Å². The summed E-state index contributed by atoms with van der Waals surface area (Å²) < 4.78 is 0. The molecule has 0 aliphatic heterocycles. The second kappa shape index (κ2) is 7.08. The quantitative estimate of drug-likeness (QED) is 0.592. The second-order valence-corrected chi connectivity index (χ2v) is 9.16. The fraction of sp³-hybridized carbons (Fsp3) is 0.200. The minimum absolute atomic E-state index is 1.14. The summed E-state index contributed by atoms with van der Waals surface area (Å²) in [7, 11) is 14.8. The van der Waals surface area contributed by atoms with E-state index in [4.69, 9.17) is 29.1 Å². The van der Waals surface area contributed by atoms with Crippen molar-refractivity contribution in [3.05, 3.63) is 24.3 Å². The summed E-state index contributed by atoms with van der Waals surface area (Å²) in [4.78, 5) is 0. The van der Waals surface area contributed by atoms with E-state index < -0.39 is 13.0 Å². The number of hydrogen-bond donors (Lipinski definition) is 0. The average Bonchev–Trinajstić information content (AvgIpc) is 2.11. The van der Waals surface area contributed by atoms with Crippen molar-refractivity contribution in [2.75, 3.05) is 0 Å².